The molecule has 4 heteroatoms. The molecule has 0 radical (unpaired) electrons. The molecule has 0 spiro atoms. The minimum absolute atomic E-state index is 0.0444. The van der Waals surface area contributed by atoms with Gasteiger partial charge in [0.1, 0.15) is 5.75 Å². The van der Waals surface area contributed by atoms with Gasteiger partial charge in [-0.15, -0.1) is 0 Å². The first-order chi connectivity index (χ1) is 9.60. The van der Waals surface area contributed by atoms with Gasteiger partial charge in [0.25, 0.3) is 0 Å². The molecule has 4 nitrogen and oxygen atoms in total. The first-order valence-electron chi connectivity index (χ1n) is 7.38. The Morgan fingerprint density at radius 2 is 2.20 bits per heavy atom. The summed E-state index contributed by atoms with van der Waals surface area (Å²) in [5.41, 5.74) is 2.50. The summed E-state index contributed by atoms with van der Waals surface area (Å²) in [6.07, 6.45) is 1.93. The van der Waals surface area contributed by atoms with Crippen molar-refractivity contribution in [1.29, 1.82) is 0 Å². The topological polar surface area (TPSA) is 50.4 Å². The van der Waals surface area contributed by atoms with Crippen LogP contribution < -0.4 is 15.4 Å². The van der Waals surface area contributed by atoms with Crippen molar-refractivity contribution < 1.29 is 9.53 Å². The number of nitrogens with one attached hydrogen (secondary N) is 2. The van der Waals surface area contributed by atoms with E-state index in [4.69, 9.17) is 4.74 Å². The molecule has 110 valence electrons. The highest BCUT2D eigenvalue weighted by atomic mass is 16.5. The van der Waals surface area contributed by atoms with Crippen LogP contribution in [0.15, 0.2) is 18.2 Å². The van der Waals surface area contributed by atoms with Crippen LogP contribution in [0.4, 0.5) is 0 Å². The number of amides is 1. The smallest absolute Gasteiger partial charge is 0.234 e. The van der Waals surface area contributed by atoms with Crippen molar-refractivity contribution >= 4 is 5.91 Å². The molecule has 2 N–H and O–H groups in total. The highest BCUT2D eigenvalue weighted by Gasteiger charge is 2.16. The van der Waals surface area contributed by atoms with Crippen molar-refractivity contribution in [3.05, 3.63) is 29.3 Å². The van der Waals surface area contributed by atoms with Gasteiger partial charge in [-0.1, -0.05) is 19.1 Å². The molecule has 0 saturated heterocycles. The second kappa shape index (κ2) is 6.75. The number of rotatable bonds is 6. The molecule has 0 fully saturated rings. The van der Waals surface area contributed by atoms with Crippen molar-refractivity contribution in [2.45, 2.75) is 45.7 Å². The third-order valence-corrected chi connectivity index (χ3v) is 3.48. The summed E-state index contributed by atoms with van der Waals surface area (Å²) in [5, 5.41) is 6.22. The summed E-state index contributed by atoms with van der Waals surface area (Å²) in [6, 6.07) is 6.71. The summed E-state index contributed by atoms with van der Waals surface area (Å²) in [4.78, 5) is 11.7. The Labute approximate surface area is 120 Å². The molecule has 1 amide bonds. The molecule has 0 aromatic heterocycles. The minimum Gasteiger partial charge on any atom is -0.493 e. The highest BCUT2D eigenvalue weighted by molar-refractivity contribution is 5.78. The molecule has 0 bridgehead atoms. The van der Waals surface area contributed by atoms with Crippen molar-refractivity contribution in [2.75, 3.05) is 13.2 Å². The number of benzene rings is 1. The molecule has 1 aliphatic rings. The van der Waals surface area contributed by atoms with E-state index in [1.807, 2.05) is 19.9 Å². The van der Waals surface area contributed by atoms with E-state index in [1.54, 1.807) is 0 Å². The molecular weight excluding hydrogens is 252 g/mol. The van der Waals surface area contributed by atoms with Crippen LogP contribution >= 0.6 is 0 Å². The lowest BCUT2D eigenvalue weighted by molar-refractivity contribution is -0.120. The van der Waals surface area contributed by atoms with Gasteiger partial charge in [-0.05, 0) is 37.5 Å². The van der Waals surface area contributed by atoms with E-state index in [9.17, 15) is 4.79 Å². The van der Waals surface area contributed by atoms with Crippen LogP contribution in [0.1, 0.15) is 44.4 Å². The van der Waals surface area contributed by atoms with E-state index < -0.39 is 0 Å². The summed E-state index contributed by atoms with van der Waals surface area (Å²) in [6.45, 7) is 7.19. The fourth-order valence-corrected chi connectivity index (χ4v) is 2.51. The molecule has 1 aliphatic heterocycles. The fraction of sp³-hybridized carbons (Fsp3) is 0.562. The molecule has 2 rings (SSSR count). The van der Waals surface area contributed by atoms with Crippen LogP contribution in [-0.4, -0.2) is 25.1 Å². The van der Waals surface area contributed by atoms with E-state index in [-0.39, 0.29) is 18.0 Å². The predicted octanol–water partition coefficient (Wildman–Crippen LogP) is 2.19. The number of carbonyl (C=O) groups is 1. The second-order valence-corrected chi connectivity index (χ2v) is 5.53. The Kier molecular flexibility index (Phi) is 5.01. The van der Waals surface area contributed by atoms with Gasteiger partial charge in [-0.3, -0.25) is 4.79 Å². The first-order valence-corrected chi connectivity index (χ1v) is 7.38. The summed E-state index contributed by atoms with van der Waals surface area (Å²) >= 11 is 0. The predicted molar refractivity (Wildman–Crippen MR) is 80.0 cm³/mol. The van der Waals surface area contributed by atoms with Crippen LogP contribution in [-0.2, 0) is 11.2 Å². The lowest BCUT2D eigenvalue weighted by atomic mass is 10.0. The van der Waals surface area contributed by atoms with E-state index in [1.165, 1.54) is 11.1 Å². The number of hydrogen-bond donors (Lipinski definition) is 2. The summed E-state index contributed by atoms with van der Waals surface area (Å²) in [7, 11) is 0. The maximum Gasteiger partial charge on any atom is 0.234 e. The van der Waals surface area contributed by atoms with Crippen molar-refractivity contribution in [3.8, 4) is 5.75 Å². The lowest BCUT2D eigenvalue weighted by Crippen LogP contribution is -2.38. The molecule has 20 heavy (non-hydrogen) atoms. The van der Waals surface area contributed by atoms with Crippen LogP contribution in [0, 0.1) is 0 Å². The zero-order chi connectivity index (χ0) is 14.5. The van der Waals surface area contributed by atoms with Crippen LogP contribution in [0.2, 0.25) is 0 Å². The SMILES string of the molecule is CCC(NCC(=O)NC(C)C)c1ccc2c(c1)CCO2. The molecule has 1 unspecified atom stereocenters. The van der Waals surface area contributed by atoms with Gasteiger partial charge in [0.15, 0.2) is 0 Å². The van der Waals surface area contributed by atoms with Gasteiger partial charge in [-0.2, -0.15) is 0 Å². The Morgan fingerprint density at radius 1 is 1.40 bits per heavy atom. The Bertz CT molecular complexity index is 472. The zero-order valence-electron chi connectivity index (χ0n) is 12.5. The molecule has 1 atom stereocenters. The van der Waals surface area contributed by atoms with E-state index in [0.29, 0.717) is 6.54 Å². The second-order valence-electron chi connectivity index (χ2n) is 5.53. The van der Waals surface area contributed by atoms with Crippen molar-refractivity contribution in [2.24, 2.45) is 0 Å². The van der Waals surface area contributed by atoms with Gasteiger partial charge in [-0.25, -0.2) is 0 Å². The third kappa shape index (κ3) is 3.73. The van der Waals surface area contributed by atoms with Crippen LogP contribution in [0.5, 0.6) is 5.75 Å². The number of carbonyl (C=O) groups excluding carboxylic acids is 1. The van der Waals surface area contributed by atoms with E-state index in [0.717, 1.165) is 25.2 Å². The quantitative estimate of drug-likeness (QED) is 0.837. The number of hydrogen-bond acceptors (Lipinski definition) is 3. The molecule has 1 heterocycles. The Balaban J connectivity index is 1.96. The average molecular weight is 276 g/mol. The van der Waals surface area contributed by atoms with Gasteiger partial charge in [0.2, 0.25) is 5.91 Å². The standard InChI is InChI=1S/C16H24N2O2/c1-4-14(17-10-16(19)18-11(2)3)12-5-6-15-13(9-12)7-8-20-15/h5-6,9,11,14,17H,4,7-8,10H2,1-3H3,(H,18,19). The molecular formula is C16H24N2O2. The Hall–Kier alpha value is -1.55. The summed E-state index contributed by atoms with van der Waals surface area (Å²) in [5.74, 6) is 1.05. The van der Waals surface area contributed by atoms with Crippen molar-refractivity contribution in [3.63, 3.8) is 0 Å². The van der Waals surface area contributed by atoms with Crippen LogP contribution in [0.25, 0.3) is 0 Å². The van der Waals surface area contributed by atoms with Crippen molar-refractivity contribution in [1.82, 2.24) is 10.6 Å². The lowest BCUT2D eigenvalue weighted by Gasteiger charge is -2.18. The maximum absolute atomic E-state index is 11.7. The zero-order valence-corrected chi connectivity index (χ0v) is 12.5. The molecule has 0 saturated carbocycles. The number of fused-ring (bicyclic) bond motifs is 1. The third-order valence-electron chi connectivity index (χ3n) is 3.48. The van der Waals surface area contributed by atoms with Crippen LogP contribution in [0.3, 0.4) is 0 Å². The van der Waals surface area contributed by atoms with E-state index >= 15 is 0 Å². The molecule has 1 aromatic rings. The maximum atomic E-state index is 11.7. The molecule has 0 aliphatic carbocycles. The Morgan fingerprint density at radius 3 is 2.90 bits per heavy atom. The largest absolute Gasteiger partial charge is 0.493 e. The molecule has 1 aromatic carbocycles. The van der Waals surface area contributed by atoms with Gasteiger partial charge >= 0.3 is 0 Å². The highest BCUT2D eigenvalue weighted by Crippen LogP contribution is 2.28. The monoisotopic (exact) mass is 276 g/mol. The summed E-state index contributed by atoms with van der Waals surface area (Å²) < 4.78 is 5.52. The first kappa shape index (κ1) is 14.9. The van der Waals surface area contributed by atoms with Gasteiger partial charge in [0, 0.05) is 18.5 Å². The van der Waals surface area contributed by atoms with E-state index in [2.05, 4.69) is 29.7 Å². The fourth-order valence-electron chi connectivity index (χ4n) is 2.51. The van der Waals surface area contributed by atoms with Gasteiger partial charge < -0.3 is 15.4 Å². The minimum atomic E-state index is 0.0444. The average Bonchev–Trinajstić information content (AvgIpc) is 2.86. The van der Waals surface area contributed by atoms with Gasteiger partial charge in [0.05, 0.1) is 13.2 Å². The number of ether oxygens (including phenoxy) is 1. The normalized spacial score (nSPS) is 14.8.